The van der Waals surface area contributed by atoms with Crippen molar-refractivity contribution in [2.45, 2.75) is 58.8 Å². The lowest BCUT2D eigenvalue weighted by Crippen LogP contribution is -2.41. The van der Waals surface area contributed by atoms with E-state index < -0.39 is 0 Å². The second kappa shape index (κ2) is 5.57. The fraction of sp³-hybridized carbons (Fsp3) is 0.929. The molecule has 1 saturated carbocycles. The molecule has 4 heteroatoms. The first-order valence-electron chi connectivity index (χ1n) is 7.35. The Labute approximate surface area is 111 Å². The fourth-order valence-corrected chi connectivity index (χ4v) is 2.85. The van der Waals surface area contributed by atoms with Crippen LogP contribution < -0.4 is 5.32 Å². The summed E-state index contributed by atoms with van der Waals surface area (Å²) in [6.45, 7) is 11.5. The summed E-state index contributed by atoms with van der Waals surface area (Å²) in [6, 6.07) is 0.799. The largest absolute Gasteiger partial charge is 0.325 e. The molecule has 4 nitrogen and oxygen atoms in total. The highest BCUT2D eigenvalue weighted by atomic mass is 16.2. The first kappa shape index (κ1) is 13.8. The lowest BCUT2D eigenvalue weighted by atomic mass is 10.1. The third kappa shape index (κ3) is 2.86. The Bertz CT molecular complexity index is 301. The van der Waals surface area contributed by atoms with Crippen LogP contribution in [-0.2, 0) is 4.79 Å². The molecule has 0 aromatic carbocycles. The minimum absolute atomic E-state index is 0.0102. The fourth-order valence-electron chi connectivity index (χ4n) is 2.85. The van der Waals surface area contributed by atoms with E-state index in [1.807, 2.05) is 4.90 Å². The van der Waals surface area contributed by atoms with Gasteiger partial charge in [0.1, 0.15) is 0 Å². The standard InChI is InChI=1S/C14H27N3O/c1-5-16(12-6-7-12)8-9-17-11(4)15-13(10(2)3)14(17)18/h10-13,15H,5-9H2,1-4H3. The molecule has 1 amide bonds. The molecule has 2 unspecified atom stereocenters. The van der Waals surface area contributed by atoms with Gasteiger partial charge < -0.3 is 4.90 Å². The number of hydrogen-bond donors (Lipinski definition) is 1. The third-order valence-electron chi connectivity index (χ3n) is 4.20. The van der Waals surface area contributed by atoms with E-state index in [-0.39, 0.29) is 18.1 Å². The molecule has 2 atom stereocenters. The van der Waals surface area contributed by atoms with Crippen molar-refractivity contribution in [3.05, 3.63) is 0 Å². The molecule has 2 fully saturated rings. The summed E-state index contributed by atoms with van der Waals surface area (Å²) < 4.78 is 0. The van der Waals surface area contributed by atoms with Crippen LogP contribution in [0.3, 0.4) is 0 Å². The summed E-state index contributed by atoms with van der Waals surface area (Å²) in [6.07, 6.45) is 2.86. The zero-order valence-electron chi connectivity index (χ0n) is 12.1. The second-order valence-electron chi connectivity index (χ2n) is 5.96. The van der Waals surface area contributed by atoms with Crippen molar-refractivity contribution in [3.8, 4) is 0 Å². The molecule has 0 radical (unpaired) electrons. The Morgan fingerprint density at radius 3 is 2.56 bits per heavy atom. The molecule has 1 heterocycles. The summed E-state index contributed by atoms with van der Waals surface area (Å²) in [5.74, 6) is 0.653. The Morgan fingerprint density at radius 2 is 2.11 bits per heavy atom. The molecule has 0 bridgehead atoms. The molecule has 0 spiro atoms. The first-order valence-corrected chi connectivity index (χ1v) is 7.35. The van der Waals surface area contributed by atoms with Crippen molar-refractivity contribution in [2.24, 2.45) is 5.92 Å². The number of likely N-dealkylation sites (N-methyl/N-ethyl adjacent to an activating group) is 1. The quantitative estimate of drug-likeness (QED) is 0.774. The summed E-state index contributed by atoms with van der Waals surface area (Å²) in [5, 5.41) is 3.40. The van der Waals surface area contributed by atoms with Crippen molar-refractivity contribution in [1.29, 1.82) is 0 Å². The van der Waals surface area contributed by atoms with Crippen LogP contribution >= 0.6 is 0 Å². The Kier molecular flexibility index (Phi) is 4.28. The van der Waals surface area contributed by atoms with E-state index in [2.05, 4.69) is 37.9 Å². The van der Waals surface area contributed by atoms with Gasteiger partial charge in [-0.25, -0.2) is 0 Å². The van der Waals surface area contributed by atoms with E-state index in [0.717, 1.165) is 25.7 Å². The predicted octanol–water partition coefficient (Wildman–Crippen LogP) is 1.27. The monoisotopic (exact) mass is 253 g/mol. The molecule has 18 heavy (non-hydrogen) atoms. The van der Waals surface area contributed by atoms with Crippen LogP contribution in [0.15, 0.2) is 0 Å². The summed E-state index contributed by atoms with van der Waals surface area (Å²) in [4.78, 5) is 16.8. The van der Waals surface area contributed by atoms with E-state index in [9.17, 15) is 4.79 Å². The lowest BCUT2D eigenvalue weighted by Gasteiger charge is -2.26. The summed E-state index contributed by atoms with van der Waals surface area (Å²) in [5.41, 5.74) is 0. The number of carbonyl (C=O) groups excluding carboxylic acids is 1. The van der Waals surface area contributed by atoms with Gasteiger partial charge in [0.25, 0.3) is 0 Å². The van der Waals surface area contributed by atoms with Crippen LogP contribution in [0.5, 0.6) is 0 Å². The van der Waals surface area contributed by atoms with Crippen LogP contribution in [0.4, 0.5) is 0 Å². The van der Waals surface area contributed by atoms with Gasteiger partial charge in [-0.05, 0) is 32.2 Å². The molecule has 0 aromatic rings. The number of nitrogens with one attached hydrogen (secondary N) is 1. The number of carbonyl (C=O) groups is 1. The number of nitrogens with zero attached hydrogens (tertiary/aromatic N) is 2. The number of amides is 1. The van der Waals surface area contributed by atoms with Crippen LogP contribution in [0.1, 0.15) is 40.5 Å². The summed E-state index contributed by atoms with van der Waals surface area (Å²) in [7, 11) is 0. The van der Waals surface area contributed by atoms with Crippen LogP contribution in [0.25, 0.3) is 0 Å². The maximum absolute atomic E-state index is 12.3. The van der Waals surface area contributed by atoms with Crippen LogP contribution in [-0.4, -0.2) is 53.6 Å². The number of hydrogen-bond acceptors (Lipinski definition) is 3. The molecule has 2 rings (SSSR count). The highest BCUT2D eigenvalue weighted by molar-refractivity contribution is 5.84. The van der Waals surface area contributed by atoms with Crippen molar-refractivity contribution in [3.63, 3.8) is 0 Å². The van der Waals surface area contributed by atoms with Crippen LogP contribution in [0.2, 0.25) is 0 Å². The molecular weight excluding hydrogens is 226 g/mol. The molecule has 1 aliphatic heterocycles. The van der Waals surface area contributed by atoms with Gasteiger partial charge in [0.05, 0.1) is 12.2 Å². The topological polar surface area (TPSA) is 35.6 Å². The summed E-state index contributed by atoms with van der Waals surface area (Å²) >= 11 is 0. The minimum Gasteiger partial charge on any atom is -0.325 e. The Hall–Kier alpha value is -0.610. The van der Waals surface area contributed by atoms with Crippen molar-refractivity contribution >= 4 is 5.91 Å². The van der Waals surface area contributed by atoms with Gasteiger partial charge in [0.2, 0.25) is 5.91 Å². The average Bonchev–Trinajstić information content (AvgIpc) is 3.10. The molecule has 0 aromatic heterocycles. The van der Waals surface area contributed by atoms with Gasteiger partial charge in [-0.1, -0.05) is 20.8 Å². The highest BCUT2D eigenvalue weighted by Crippen LogP contribution is 2.26. The van der Waals surface area contributed by atoms with Crippen LogP contribution in [0, 0.1) is 5.92 Å². The molecule has 104 valence electrons. The highest BCUT2D eigenvalue weighted by Gasteiger charge is 2.38. The average molecular weight is 253 g/mol. The Balaban J connectivity index is 1.86. The van der Waals surface area contributed by atoms with E-state index in [1.165, 1.54) is 12.8 Å². The van der Waals surface area contributed by atoms with Crippen molar-refractivity contribution in [1.82, 2.24) is 15.1 Å². The smallest absolute Gasteiger partial charge is 0.241 e. The molecule has 2 aliphatic rings. The molecular formula is C14H27N3O. The van der Waals surface area contributed by atoms with E-state index in [0.29, 0.717) is 5.92 Å². The molecule has 1 saturated heterocycles. The third-order valence-corrected chi connectivity index (χ3v) is 4.20. The maximum Gasteiger partial charge on any atom is 0.241 e. The van der Waals surface area contributed by atoms with E-state index >= 15 is 0 Å². The first-order chi connectivity index (χ1) is 8.54. The normalized spacial score (nSPS) is 28.8. The zero-order chi connectivity index (χ0) is 13.3. The Morgan fingerprint density at radius 1 is 1.44 bits per heavy atom. The van der Waals surface area contributed by atoms with Gasteiger partial charge in [0.15, 0.2) is 0 Å². The van der Waals surface area contributed by atoms with Gasteiger partial charge >= 0.3 is 0 Å². The minimum atomic E-state index is 0.0102. The molecule has 1 N–H and O–H groups in total. The maximum atomic E-state index is 12.3. The second-order valence-corrected chi connectivity index (χ2v) is 5.96. The lowest BCUT2D eigenvalue weighted by molar-refractivity contribution is -0.130. The van der Waals surface area contributed by atoms with Gasteiger partial charge in [-0.15, -0.1) is 0 Å². The van der Waals surface area contributed by atoms with Gasteiger partial charge in [-0.2, -0.15) is 0 Å². The van der Waals surface area contributed by atoms with E-state index in [4.69, 9.17) is 0 Å². The van der Waals surface area contributed by atoms with E-state index in [1.54, 1.807) is 0 Å². The van der Waals surface area contributed by atoms with Crippen molar-refractivity contribution in [2.75, 3.05) is 19.6 Å². The predicted molar refractivity (Wildman–Crippen MR) is 73.2 cm³/mol. The SMILES string of the molecule is CCN(CCN1C(=O)C(C(C)C)NC1C)C1CC1. The van der Waals surface area contributed by atoms with Gasteiger partial charge in [-0.3, -0.25) is 15.0 Å². The number of rotatable bonds is 6. The van der Waals surface area contributed by atoms with Crippen molar-refractivity contribution < 1.29 is 4.79 Å². The zero-order valence-corrected chi connectivity index (χ0v) is 12.1. The van der Waals surface area contributed by atoms with Gasteiger partial charge in [0, 0.05) is 19.1 Å². The molecule has 1 aliphatic carbocycles.